The number of nitrogens with zero attached hydrogens (tertiary/aromatic N) is 2. The van der Waals surface area contributed by atoms with Crippen molar-refractivity contribution in [1.29, 1.82) is 5.26 Å². The van der Waals surface area contributed by atoms with Gasteiger partial charge in [0.05, 0.1) is 25.0 Å². The molecule has 0 radical (unpaired) electrons. The first-order chi connectivity index (χ1) is 6.11. The van der Waals surface area contributed by atoms with Crippen molar-refractivity contribution in [3.8, 4) is 6.07 Å². The third-order valence-corrected chi connectivity index (χ3v) is 3.83. The Morgan fingerprint density at radius 2 is 2.38 bits per heavy atom. The van der Waals surface area contributed by atoms with Gasteiger partial charge in [0.2, 0.25) is 10.0 Å². The van der Waals surface area contributed by atoms with Crippen LogP contribution < -0.4 is 0 Å². The maximum absolute atomic E-state index is 11.4. The van der Waals surface area contributed by atoms with Gasteiger partial charge in [0.1, 0.15) is 6.04 Å². The average Bonchev–Trinajstić information content (AvgIpc) is 2.18. The standard InChI is InChI=1S/C7H12N2O3S/c1-2-13(10,11)9-3-4-12-6-7(9)5-8/h7H,2-4,6H2,1H3. The molecule has 1 unspecified atom stereocenters. The van der Waals surface area contributed by atoms with Crippen LogP contribution in [-0.2, 0) is 14.8 Å². The molecule has 1 aliphatic rings. The fourth-order valence-corrected chi connectivity index (χ4v) is 2.37. The van der Waals surface area contributed by atoms with Crippen molar-refractivity contribution >= 4 is 10.0 Å². The fourth-order valence-electron chi connectivity index (χ4n) is 1.19. The van der Waals surface area contributed by atoms with E-state index < -0.39 is 16.1 Å². The molecule has 1 atom stereocenters. The molecule has 0 N–H and O–H groups in total. The minimum absolute atomic E-state index is 0.0329. The summed E-state index contributed by atoms with van der Waals surface area (Å²) in [5, 5.41) is 8.68. The van der Waals surface area contributed by atoms with Gasteiger partial charge in [0.25, 0.3) is 0 Å². The van der Waals surface area contributed by atoms with Gasteiger partial charge < -0.3 is 4.74 Å². The molecule has 0 aromatic rings. The summed E-state index contributed by atoms with van der Waals surface area (Å²) >= 11 is 0. The lowest BCUT2D eigenvalue weighted by Gasteiger charge is -2.29. The number of nitriles is 1. The molecule has 1 rings (SSSR count). The summed E-state index contributed by atoms with van der Waals surface area (Å²) < 4.78 is 29.1. The molecule has 5 nitrogen and oxygen atoms in total. The third kappa shape index (κ3) is 2.18. The van der Waals surface area contributed by atoms with E-state index in [1.165, 1.54) is 4.31 Å². The lowest BCUT2D eigenvalue weighted by molar-refractivity contribution is 0.0512. The SMILES string of the molecule is CCS(=O)(=O)N1CCOCC1C#N. The molecule has 1 saturated heterocycles. The molecule has 0 spiro atoms. The summed E-state index contributed by atoms with van der Waals surface area (Å²) in [6.07, 6.45) is 0. The molecule has 13 heavy (non-hydrogen) atoms. The number of morpholine rings is 1. The van der Waals surface area contributed by atoms with Crippen molar-refractivity contribution in [2.24, 2.45) is 0 Å². The van der Waals surface area contributed by atoms with E-state index in [0.29, 0.717) is 6.61 Å². The number of rotatable bonds is 2. The molecular formula is C7H12N2O3S. The van der Waals surface area contributed by atoms with Crippen molar-refractivity contribution in [2.45, 2.75) is 13.0 Å². The first-order valence-electron chi connectivity index (χ1n) is 4.08. The van der Waals surface area contributed by atoms with E-state index in [1.807, 2.05) is 6.07 Å². The summed E-state index contributed by atoms with van der Waals surface area (Å²) in [4.78, 5) is 0. The maximum Gasteiger partial charge on any atom is 0.215 e. The van der Waals surface area contributed by atoms with Gasteiger partial charge in [-0.3, -0.25) is 0 Å². The van der Waals surface area contributed by atoms with Gasteiger partial charge in [-0.25, -0.2) is 8.42 Å². The van der Waals surface area contributed by atoms with Crippen molar-refractivity contribution in [1.82, 2.24) is 4.31 Å². The van der Waals surface area contributed by atoms with E-state index in [1.54, 1.807) is 6.92 Å². The highest BCUT2D eigenvalue weighted by Crippen LogP contribution is 2.11. The Kier molecular flexibility index (Phi) is 3.25. The highest BCUT2D eigenvalue weighted by atomic mass is 32.2. The van der Waals surface area contributed by atoms with E-state index in [-0.39, 0.29) is 18.9 Å². The van der Waals surface area contributed by atoms with E-state index >= 15 is 0 Å². The predicted molar refractivity (Wildman–Crippen MR) is 46.4 cm³/mol. The first kappa shape index (κ1) is 10.4. The molecule has 0 aromatic carbocycles. The molecule has 0 bridgehead atoms. The van der Waals surface area contributed by atoms with E-state index in [0.717, 1.165) is 0 Å². The monoisotopic (exact) mass is 204 g/mol. The Hall–Kier alpha value is -0.640. The smallest absolute Gasteiger partial charge is 0.215 e. The molecular weight excluding hydrogens is 192 g/mol. The van der Waals surface area contributed by atoms with Crippen LogP contribution in [0.3, 0.4) is 0 Å². The van der Waals surface area contributed by atoms with Crippen molar-refractivity contribution < 1.29 is 13.2 Å². The molecule has 1 heterocycles. The zero-order valence-electron chi connectivity index (χ0n) is 7.43. The minimum Gasteiger partial charge on any atom is -0.377 e. The van der Waals surface area contributed by atoms with Crippen LogP contribution in [0.4, 0.5) is 0 Å². The van der Waals surface area contributed by atoms with Crippen LogP contribution >= 0.6 is 0 Å². The van der Waals surface area contributed by atoms with E-state index in [4.69, 9.17) is 10.00 Å². The Morgan fingerprint density at radius 3 is 2.92 bits per heavy atom. The molecule has 6 heteroatoms. The van der Waals surface area contributed by atoms with Crippen molar-refractivity contribution in [3.63, 3.8) is 0 Å². The van der Waals surface area contributed by atoms with Gasteiger partial charge >= 0.3 is 0 Å². The third-order valence-electron chi connectivity index (χ3n) is 1.95. The van der Waals surface area contributed by atoms with E-state index in [2.05, 4.69) is 0 Å². The Balaban J connectivity index is 2.83. The Bertz CT molecular complexity index is 306. The lowest BCUT2D eigenvalue weighted by Crippen LogP contribution is -2.48. The molecule has 0 aromatic heterocycles. The van der Waals surface area contributed by atoms with Gasteiger partial charge in [-0.2, -0.15) is 9.57 Å². The van der Waals surface area contributed by atoms with Crippen LogP contribution in [0.15, 0.2) is 0 Å². The van der Waals surface area contributed by atoms with Gasteiger partial charge in [-0.15, -0.1) is 0 Å². The van der Waals surface area contributed by atoms with Crippen LogP contribution in [0.2, 0.25) is 0 Å². The van der Waals surface area contributed by atoms with Crippen LogP contribution in [-0.4, -0.2) is 44.3 Å². The first-order valence-corrected chi connectivity index (χ1v) is 5.69. The molecule has 0 aliphatic carbocycles. The van der Waals surface area contributed by atoms with Crippen molar-refractivity contribution in [3.05, 3.63) is 0 Å². The summed E-state index contributed by atoms with van der Waals surface area (Å²) in [6, 6.07) is 1.26. The average molecular weight is 204 g/mol. The van der Waals surface area contributed by atoms with Crippen LogP contribution in [0.1, 0.15) is 6.92 Å². The highest BCUT2D eigenvalue weighted by Gasteiger charge is 2.31. The quantitative estimate of drug-likeness (QED) is 0.611. The summed E-state index contributed by atoms with van der Waals surface area (Å²) in [7, 11) is -3.25. The highest BCUT2D eigenvalue weighted by molar-refractivity contribution is 7.89. The van der Waals surface area contributed by atoms with Crippen LogP contribution in [0.5, 0.6) is 0 Å². The van der Waals surface area contributed by atoms with Gasteiger partial charge in [-0.1, -0.05) is 0 Å². The number of hydrogen-bond acceptors (Lipinski definition) is 4. The second kappa shape index (κ2) is 4.05. The molecule has 1 fully saturated rings. The zero-order chi connectivity index (χ0) is 9.90. The minimum atomic E-state index is -3.25. The second-order valence-electron chi connectivity index (χ2n) is 2.73. The number of sulfonamides is 1. The van der Waals surface area contributed by atoms with Gasteiger partial charge in [0, 0.05) is 6.54 Å². The molecule has 74 valence electrons. The van der Waals surface area contributed by atoms with Gasteiger partial charge in [0.15, 0.2) is 0 Å². The van der Waals surface area contributed by atoms with Gasteiger partial charge in [-0.05, 0) is 6.92 Å². The largest absolute Gasteiger partial charge is 0.377 e. The van der Waals surface area contributed by atoms with Crippen LogP contribution in [0, 0.1) is 11.3 Å². The number of hydrogen-bond donors (Lipinski definition) is 0. The molecule has 0 amide bonds. The zero-order valence-corrected chi connectivity index (χ0v) is 8.25. The molecule has 1 aliphatic heterocycles. The predicted octanol–water partition coefficient (Wildman–Crippen LogP) is -0.440. The topological polar surface area (TPSA) is 70.4 Å². The van der Waals surface area contributed by atoms with Crippen molar-refractivity contribution in [2.75, 3.05) is 25.5 Å². The Labute approximate surface area is 77.9 Å². The number of ether oxygens (including phenoxy) is 1. The van der Waals surface area contributed by atoms with E-state index in [9.17, 15) is 8.42 Å². The lowest BCUT2D eigenvalue weighted by atomic mass is 10.3. The normalized spacial score (nSPS) is 25.4. The summed E-state index contributed by atoms with van der Waals surface area (Å²) in [5.74, 6) is 0.0329. The summed E-state index contributed by atoms with van der Waals surface area (Å²) in [5.41, 5.74) is 0. The van der Waals surface area contributed by atoms with Crippen LogP contribution in [0.25, 0.3) is 0 Å². The Morgan fingerprint density at radius 1 is 1.69 bits per heavy atom. The summed E-state index contributed by atoms with van der Waals surface area (Å²) in [6.45, 7) is 2.40. The fraction of sp³-hybridized carbons (Fsp3) is 0.857. The second-order valence-corrected chi connectivity index (χ2v) is 4.94. The maximum atomic E-state index is 11.4. The molecule has 0 saturated carbocycles.